The molecule has 0 N–H and O–H groups in total. The van der Waals surface area contributed by atoms with Crippen molar-refractivity contribution in [1.29, 1.82) is 0 Å². The molecule has 0 amide bonds. The lowest BCUT2D eigenvalue weighted by Gasteiger charge is -1.96. The molecule has 0 saturated carbocycles. The zero-order valence-corrected chi connectivity index (χ0v) is 9.29. The first-order valence-electron chi connectivity index (χ1n) is 3.14. The number of esters is 1. The molecule has 0 atom stereocenters. The highest BCUT2D eigenvalue weighted by Crippen LogP contribution is 2.27. The van der Waals surface area contributed by atoms with Gasteiger partial charge in [0.25, 0.3) is 0 Å². The molecule has 1 rings (SSSR count). The van der Waals surface area contributed by atoms with Gasteiger partial charge in [0.1, 0.15) is 9.48 Å². The van der Waals surface area contributed by atoms with E-state index in [0.29, 0.717) is 20.6 Å². The summed E-state index contributed by atoms with van der Waals surface area (Å²) in [5.74, 6) is -0.395. The highest BCUT2D eigenvalue weighted by molar-refractivity contribution is 9.10. The van der Waals surface area contributed by atoms with Crippen LogP contribution in [0.15, 0.2) is 4.60 Å². The van der Waals surface area contributed by atoms with Crippen molar-refractivity contribution >= 4 is 44.8 Å². The number of carbonyl (C=O) groups is 1. The third-order valence-electron chi connectivity index (χ3n) is 1.02. The van der Waals surface area contributed by atoms with Crippen molar-refractivity contribution in [2.24, 2.45) is 0 Å². The zero-order valence-electron chi connectivity index (χ0n) is 6.13. The molecule has 0 aliphatic heterocycles. The van der Waals surface area contributed by atoms with Crippen LogP contribution in [0.1, 0.15) is 16.6 Å². The number of hydrogen-bond donors (Lipinski definition) is 0. The Kier molecular flexibility index (Phi) is 3.49. The van der Waals surface area contributed by atoms with Crippen LogP contribution in [0.2, 0.25) is 4.47 Å². The number of aromatic nitrogens is 1. The monoisotopic (exact) mass is 269 g/mol. The van der Waals surface area contributed by atoms with Crippen molar-refractivity contribution in [3.05, 3.63) is 13.9 Å². The summed E-state index contributed by atoms with van der Waals surface area (Å²) >= 11 is 9.78. The minimum absolute atomic E-state index is 0.324. The number of carbonyl (C=O) groups excluding carboxylic acids is 1. The second kappa shape index (κ2) is 4.20. The van der Waals surface area contributed by atoms with Gasteiger partial charge in [0.2, 0.25) is 0 Å². The Hall–Kier alpha value is -0.130. The molecule has 6 heteroatoms. The first-order chi connectivity index (χ1) is 5.65. The van der Waals surface area contributed by atoms with E-state index < -0.39 is 5.97 Å². The van der Waals surface area contributed by atoms with Crippen LogP contribution in [0.25, 0.3) is 0 Å². The third-order valence-corrected chi connectivity index (χ3v) is 3.00. The maximum atomic E-state index is 11.1. The van der Waals surface area contributed by atoms with Gasteiger partial charge in [0, 0.05) is 0 Å². The topological polar surface area (TPSA) is 39.2 Å². The fraction of sp³-hybridized carbons (Fsp3) is 0.333. The second-order valence-electron chi connectivity index (χ2n) is 1.81. The van der Waals surface area contributed by atoms with Gasteiger partial charge in [0.05, 0.1) is 6.61 Å². The molecule has 3 nitrogen and oxygen atoms in total. The van der Waals surface area contributed by atoms with Gasteiger partial charge in [-0.15, -0.1) is 0 Å². The molecule has 0 aromatic carbocycles. The minimum atomic E-state index is -0.395. The quantitative estimate of drug-likeness (QED) is 0.776. The summed E-state index contributed by atoms with van der Waals surface area (Å²) < 4.78 is 5.53. The Balaban J connectivity index is 2.87. The highest BCUT2D eigenvalue weighted by Gasteiger charge is 2.16. The van der Waals surface area contributed by atoms with Gasteiger partial charge in [0.15, 0.2) is 4.47 Å². The summed E-state index contributed by atoms with van der Waals surface area (Å²) in [5.41, 5.74) is 0. The van der Waals surface area contributed by atoms with E-state index in [0.717, 1.165) is 11.3 Å². The normalized spacial score (nSPS) is 9.92. The maximum absolute atomic E-state index is 11.1. The van der Waals surface area contributed by atoms with Crippen LogP contribution in [-0.4, -0.2) is 17.6 Å². The molecule has 1 aromatic heterocycles. The summed E-state index contributed by atoms with van der Waals surface area (Å²) in [5, 5.41) is 0. The molecular formula is C6H5BrClNO2S. The molecule has 1 aromatic rings. The second-order valence-corrected chi connectivity index (χ2v) is 4.14. The fourth-order valence-electron chi connectivity index (χ4n) is 0.600. The predicted molar refractivity (Wildman–Crippen MR) is 50.8 cm³/mol. The third kappa shape index (κ3) is 2.18. The average Bonchev–Trinajstić information content (AvgIpc) is 2.30. The summed E-state index contributed by atoms with van der Waals surface area (Å²) in [6.45, 7) is 2.09. The first-order valence-corrected chi connectivity index (χ1v) is 5.12. The fourth-order valence-corrected chi connectivity index (χ4v) is 2.29. The van der Waals surface area contributed by atoms with E-state index in [-0.39, 0.29) is 0 Å². The molecular weight excluding hydrogens is 265 g/mol. The van der Waals surface area contributed by atoms with Crippen molar-refractivity contribution in [1.82, 2.24) is 4.98 Å². The Morgan fingerprint density at radius 2 is 2.50 bits per heavy atom. The Labute approximate surface area is 86.8 Å². The zero-order chi connectivity index (χ0) is 9.14. The van der Waals surface area contributed by atoms with Crippen LogP contribution in [0.5, 0.6) is 0 Å². The van der Waals surface area contributed by atoms with Crippen LogP contribution in [-0.2, 0) is 4.74 Å². The van der Waals surface area contributed by atoms with E-state index in [9.17, 15) is 4.79 Å². The van der Waals surface area contributed by atoms with Crippen molar-refractivity contribution < 1.29 is 9.53 Å². The molecule has 0 aliphatic carbocycles. The number of rotatable bonds is 2. The Morgan fingerprint density at radius 3 is 2.92 bits per heavy atom. The van der Waals surface area contributed by atoms with Crippen LogP contribution in [0, 0.1) is 0 Å². The molecule has 0 fully saturated rings. The summed E-state index contributed by atoms with van der Waals surface area (Å²) in [6.07, 6.45) is 0. The van der Waals surface area contributed by atoms with Gasteiger partial charge in [-0.25, -0.2) is 9.78 Å². The van der Waals surface area contributed by atoms with Gasteiger partial charge in [-0.05, 0) is 22.9 Å². The van der Waals surface area contributed by atoms with Crippen LogP contribution in [0.3, 0.4) is 0 Å². The maximum Gasteiger partial charge on any atom is 0.351 e. The van der Waals surface area contributed by atoms with Crippen LogP contribution >= 0.6 is 38.9 Å². The molecule has 66 valence electrons. The van der Waals surface area contributed by atoms with Crippen molar-refractivity contribution in [3.63, 3.8) is 0 Å². The van der Waals surface area contributed by atoms with Gasteiger partial charge in [-0.1, -0.05) is 22.9 Å². The molecule has 0 spiro atoms. The Bertz CT molecular complexity index is 302. The van der Waals surface area contributed by atoms with Gasteiger partial charge >= 0.3 is 5.97 Å². The summed E-state index contributed by atoms with van der Waals surface area (Å²) in [4.78, 5) is 15.4. The van der Waals surface area contributed by atoms with E-state index in [1.165, 1.54) is 0 Å². The van der Waals surface area contributed by atoms with E-state index in [2.05, 4.69) is 20.9 Å². The standard InChI is InChI=1S/C6H5BrClNO2S/c1-2-11-5(10)3-4(7)9-6(8)12-3/h2H2,1H3. The number of ether oxygens (including phenoxy) is 1. The minimum Gasteiger partial charge on any atom is -0.462 e. The molecule has 0 bridgehead atoms. The van der Waals surface area contributed by atoms with Gasteiger partial charge < -0.3 is 4.74 Å². The summed E-state index contributed by atoms with van der Waals surface area (Å²) in [6, 6.07) is 0. The lowest BCUT2D eigenvalue weighted by molar-refractivity contribution is 0.0531. The van der Waals surface area contributed by atoms with Gasteiger partial charge in [-0.2, -0.15) is 0 Å². The largest absolute Gasteiger partial charge is 0.462 e. The molecule has 0 saturated heterocycles. The molecule has 0 aliphatic rings. The Morgan fingerprint density at radius 1 is 1.83 bits per heavy atom. The number of nitrogens with zero attached hydrogens (tertiary/aromatic N) is 1. The van der Waals surface area contributed by atoms with E-state index in [1.807, 2.05) is 0 Å². The van der Waals surface area contributed by atoms with E-state index in [4.69, 9.17) is 16.3 Å². The van der Waals surface area contributed by atoms with Crippen LogP contribution < -0.4 is 0 Å². The predicted octanol–water partition coefficient (Wildman–Crippen LogP) is 2.74. The lowest BCUT2D eigenvalue weighted by atomic mass is 10.6. The van der Waals surface area contributed by atoms with Crippen molar-refractivity contribution in [2.75, 3.05) is 6.61 Å². The molecule has 0 radical (unpaired) electrons. The van der Waals surface area contributed by atoms with Crippen LogP contribution in [0.4, 0.5) is 0 Å². The van der Waals surface area contributed by atoms with E-state index in [1.54, 1.807) is 6.92 Å². The molecule has 12 heavy (non-hydrogen) atoms. The molecule has 1 heterocycles. The molecule has 0 unspecified atom stereocenters. The number of thiazole rings is 1. The highest BCUT2D eigenvalue weighted by atomic mass is 79.9. The summed E-state index contributed by atoms with van der Waals surface area (Å²) in [7, 11) is 0. The van der Waals surface area contributed by atoms with Crippen molar-refractivity contribution in [3.8, 4) is 0 Å². The SMILES string of the molecule is CCOC(=O)c1sc(Cl)nc1Br. The van der Waals surface area contributed by atoms with Gasteiger partial charge in [-0.3, -0.25) is 0 Å². The number of hydrogen-bond acceptors (Lipinski definition) is 4. The lowest BCUT2D eigenvalue weighted by Crippen LogP contribution is -2.02. The smallest absolute Gasteiger partial charge is 0.351 e. The van der Waals surface area contributed by atoms with Crippen molar-refractivity contribution in [2.45, 2.75) is 6.92 Å². The average molecular weight is 271 g/mol. The van der Waals surface area contributed by atoms with E-state index >= 15 is 0 Å². The first kappa shape index (κ1) is 9.95. The number of halogens is 2.